The second kappa shape index (κ2) is 7.11. The van der Waals surface area contributed by atoms with Crippen molar-refractivity contribution in [3.05, 3.63) is 0 Å². The maximum atomic E-state index is 13.3. The lowest BCUT2D eigenvalue weighted by Crippen LogP contribution is -2.60. The first-order valence-electron chi connectivity index (χ1n) is 8.61. The number of amides is 3. The van der Waals surface area contributed by atoms with Gasteiger partial charge in [-0.1, -0.05) is 41.5 Å². The zero-order valence-corrected chi connectivity index (χ0v) is 16.3. The van der Waals surface area contributed by atoms with Gasteiger partial charge in [-0.05, 0) is 23.7 Å². The van der Waals surface area contributed by atoms with Crippen LogP contribution in [0.5, 0.6) is 0 Å². The number of likely N-dealkylation sites (tertiary alicyclic amines) is 1. The van der Waals surface area contributed by atoms with Gasteiger partial charge in [-0.25, -0.2) is 0 Å². The van der Waals surface area contributed by atoms with E-state index in [0.29, 0.717) is 6.42 Å². The van der Waals surface area contributed by atoms with Gasteiger partial charge in [0.2, 0.25) is 17.7 Å². The maximum absolute atomic E-state index is 13.3. The van der Waals surface area contributed by atoms with Gasteiger partial charge in [-0.15, -0.1) is 0 Å². The first-order valence-corrected chi connectivity index (χ1v) is 8.61. The van der Waals surface area contributed by atoms with Gasteiger partial charge in [-0.2, -0.15) is 0 Å². The Hall–Kier alpha value is -1.59. The Morgan fingerprint density at radius 2 is 1.58 bits per heavy atom. The minimum Gasteiger partial charge on any atom is -0.357 e. The number of hydrogen-bond acceptors (Lipinski definition) is 3. The molecule has 0 aromatic carbocycles. The summed E-state index contributed by atoms with van der Waals surface area (Å²) in [5.74, 6) is -0.569. The highest BCUT2D eigenvalue weighted by molar-refractivity contribution is 5.93. The van der Waals surface area contributed by atoms with Gasteiger partial charge >= 0.3 is 0 Å². The fourth-order valence-electron chi connectivity index (χ4n) is 3.39. The third-order valence-corrected chi connectivity index (χ3v) is 4.65. The molecule has 3 atom stereocenters. The third kappa shape index (κ3) is 4.48. The SMILES string of the molecule is CNC(=O)[C@@H]1CC[C@H](C(C)(C)C)N1C(=O)[C@@H](NC(C)=O)C(C)(C)C. The van der Waals surface area contributed by atoms with Crippen LogP contribution in [0.3, 0.4) is 0 Å². The smallest absolute Gasteiger partial charge is 0.246 e. The van der Waals surface area contributed by atoms with E-state index in [1.807, 2.05) is 20.8 Å². The molecule has 6 heteroatoms. The van der Waals surface area contributed by atoms with Gasteiger partial charge in [0.05, 0.1) is 0 Å². The summed E-state index contributed by atoms with van der Waals surface area (Å²) >= 11 is 0. The molecule has 138 valence electrons. The molecule has 0 spiro atoms. The van der Waals surface area contributed by atoms with Crippen LogP contribution in [0.15, 0.2) is 0 Å². The molecule has 1 fully saturated rings. The lowest BCUT2D eigenvalue weighted by molar-refractivity contribution is -0.147. The van der Waals surface area contributed by atoms with E-state index in [9.17, 15) is 14.4 Å². The van der Waals surface area contributed by atoms with Crippen LogP contribution in [-0.4, -0.2) is 47.8 Å². The zero-order valence-electron chi connectivity index (χ0n) is 16.3. The van der Waals surface area contributed by atoms with E-state index < -0.39 is 17.5 Å². The van der Waals surface area contributed by atoms with Crippen LogP contribution in [-0.2, 0) is 14.4 Å². The molecule has 1 saturated heterocycles. The summed E-state index contributed by atoms with van der Waals surface area (Å²) in [6.07, 6.45) is 1.43. The standard InChI is InChI=1S/C18H33N3O3/c1-11(22)20-14(18(5,6)7)16(24)21-12(15(23)19-8)9-10-13(21)17(2,3)4/h12-14H,9-10H2,1-8H3,(H,19,23)(H,20,22)/t12-,13+,14+/m0/s1. The summed E-state index contributed by atoms with van der Waals surface area (Å²) in [5.41, 5.74) is -0.585. The molecule has 0 aromatic rings. The van der Waals surface area contributed by atoms with Crippen molar-refractivity contribution >= 4 is 17.7 Å². The Morgan fingerprint density at radius 1 is 1.04 bits per heavy atom. The van der Waals surface area contributed by atoms with Crippen molar-refractivity contribution in [1.29, 1.82) is 0 Å². The summed E-state index contributed by atoms with van der Waals surface area (Å²) in [4.78, 5) is 39.0. The van der Waals surface area contributed by atoms with Crippen molar-refractivity contribution in [2.24, 2.45) is 10.8 Å². The van der Waals surface area contributed by atoms with Crippen molar-refractivity contribution in [3.8, 4) is 0 Å². The fraction of sp³-hybridized carbons (Fsp3) is 0.833. The van der Waals surface area contributed by atoms with Gasteiger partial charge in [0, 0.05) is 20.0 Å². The average Bonchev–Trinajstić information content (AvgIpc) is 2.86. The number of nitrogens with zero attached hydrogens (tertiary/aromatic N) is 1. The van der Waals surface area contributed by atoms with Crippen LogP contribution < -0.4 is 10.6 Å². The van der Waals surface area contributed by atoms with Crippen molar-refractivity contribution in [3.63, 3.8) is 0 Å². The van der Waals surface area contributed by atoms with Gasteiger partial charge in [0.1, 0.15) is 12.1 Å². The molecule has 0 bridgehead atoms. The Kier molecular flexibility index (Phi) is 6.06. The van der Waals surface area contributed by atoms with Crippen LogP contribution in [0.25, 0.3) is 0 Å². The van der Waals surface area contributed by atoms with Crippen molar-refractivity contribution in [2.75, 3.05) is 7.05 Å². The fourth-order valence-corrected chi connectivity index (χ4v) is 3.39. The van der Waals surface area contributed by atoms with Gasteiger partial charge in [0.15, 0.2) is 0 Å². The van der Waals surface area contributed by atoms with E-state index in [1.54, 1.807) is 11.9 Å². The minimum atomic E-state index is -0.662. The van der Waals surface area contributed by atoms with Gasteiger partial charge in [0.25, 0.3) is 0 Å². The van der Waals surface area contributed by atoms with Crippen molar-refractivity contribution in [2.45, 2.75) is 79.4 Å². The topological polar surface area (TPSA) is 78.5 Å². The second-order valence-corrected chi connectivity index (χ2v) is 8.83. The molecule has 1 heterocycles. The monoisotopic (exact) mass is 339 g/mol. The van der Waals surface area contributed by atoms with E-state index in [-0.39, 0.29) is 29.2 Å². The van der Waals surface area contributed by atoms with Crippen LogP contribution in [0, 0.1) is 10.8 Å². The van der Waals surface area contributed by atoms with E-state index in [0.717, 1.165) is 6.42 Å². The first kappa shape index (κ1) is 20.5. The zero-order chi connectivity index (χ0) is 18.9. The highest BCUT2D eigenvalue weighted by Crippen LogP contribution is 2.38. The largest absolute Gasteiger partial charge is 0.357 e. The quantitative estimate of drug-likeness (QED) is 0.821. The van der Waals surface area contributed by atoms with Crippen LogP contribution >= 0.6 is 0 Å². The van der Waals surface area contributed by atoms with E-state index >= 15 is 0 Å². The first-order chi connectivity index (χ1) is 10.8. The molecule has 0 radical (unpaired) electrons. The molecule has 1 aliphatic rings. The number of carbonyl (C=O) groups excluding carboxylic acids is 3. The molecule has 1 rings (SSSR count). The third-order valence-electron chi connectivity index (χ3n) is 4.65. The van der Waals surface area contributed by atoms with Crippen LogP contribution in [0.1, 0.15) is 61.3 Å². The molecule has 6 nitrogen and oxygen atoms in total. The Morgan fingerprint density at radius 3 is 1.96 bits per heavy atom. The van der Waals surface area contributed by atoms with Crippen LogP contribution in [0.2, 0.25) is 0 Å². The number of likely N-dealkylation sites (N-methyl/N-ethyl adjacent to an activating group) is 1. The summed E-state index contributed by atoms with van der Waals surface area (Å²) in [6.45, 7) is 13.4. The number of hydrogen-bond donors (Lipinski definition) is 2. The van der Waals surface area contributed by atoms with Crippen LogP contribution in [0.4, 0.5) is 0 Å². The summed E-state index contributed by atoms with van der Waals surface area (Å²) in [5, 5.41) is 5.45. The Bertz CT molecular complexity index is 503. The van der Waals surface area contributed by atoms with Crippen molar-refractivity contribution < 1.29 is 14.4 Å². The van der Waals surface area contributed by atoms with Gasteiger partial charge in [-0.3, -0.25) is 14.4 Å². The lowest BCUT2D eigenvalue weighted by atomic mass is 9.82. The van der Waals surface area contributed by atoms with E-state index in [4.69, 9.17) is 0 Å². The average molecular weight is 339 g/mol. The molecular formula is C18H33N3O3. The maximum Gasteiger partial charge on any atom is 0.246 e. The summed E-state index contributed by atoms with van der Waals surface area (Å²) < 4.78 is 0. The summed E-state index contributed by atoms with van der Waals surface area (Å²) in [7, 11) is 1.59. The lowest BCUT2D eigenvalue weighted by Gasteiger charge is -2.41. The molecule has 0 saturated carbocycles. The molecule has 1 aliphatic heterocycles. The molecule has 2 N–H and O–H groups in total. The highest BCUT2D eigenvalue weighted by atomic mass is 16.2. The minimum absolute atomic E-state index is 0.0362. The van der Waals surface area contributed by atoms with E-state index in [1.165, 1.54) is 6.92 Å². The molecule has 24 heavy (non-hydrogen) atoms. The Labute approximate surface area is 145 Å². The number of nitrogens with one attached hydrogen (secondary N) is 2. The second-order valence-electron chi connectivity index (χ2n) is 8.83. The normalized spacial score (nSPS) is 22.9. The van der Waals surface area contributed by atoms with Gasteiger partial charge < -0.3 is 15.5 Å². The predicted octanol–water partition coefficient (Wildman–Crippen LogP) is 1.69. The molecule has 0 unspecified atom stereocenters. The highest BCUT2D eigenvalue weighted by Gasteiger charge is 2.48. The van der Waals surface area contributed by atoms with E-state index in [2.05, 4.69) is 31.4 Å². The molecular weight excluding hydrogens is 306 g/mol. The number of rotatable bonds is 3. The Balaban J connectivity index is 3.27. The molecule has 0 aliphatic carbocycles. The summed E-state index contributed by atoms with van der Waals surface area (Å²) in [6, 6.07) is -1.18. The predicted molar refractivity (Wildman–Crippen MR) is 94.2 cm³/mol. The molecule has 3 amide bonds. The number of carbonyl (C=O) groups is 3. The van der Waals surface area contributed by atoms with Crippen molar-refractivity contribution in [1.82, 2.24) is 15.5 Å². The molecule has 0 aromatic heterocycles.